The van der Waals surface area contributed by atoms with E-state index in [1.54, 1.807) is 11.8 Å². The fourth-order valence-electron chi connectivity index (χ4n) is 5.59. The minimum Gasteiger partial charge on any atom is -0.489 e. The molecule has 0 saturated heterocycles. The van der Waals surface area contributed by atoms with Gasteiger partial charge in [-0.1, -0.05) is 87.9 Å². The Hall–Kier alpha value is -3.09. The number of aliphatic imine (C=N–C) groups is 1. The highest BCUT2D eigenvalue weighted by atomic mass is 32.2. The molecule has 6 heteroatoms. The lowest BCUT2D eigenvalue weighted by Gasteiger charge is -2.34. The molecule has 2 aromatic carbocycles. The third kappa shape index (κ3) is 8.46. The maximum atomic E-state index is 12.0. The summed E-state index contributed by atoms with van der Waals surface area (Å²) in [5.74, 6) is 1.56. The molecule has 218 valence electrons. The highest BCUT2D eigenvalue weighted by Gasteiger charge is 2.33. The number of hydrogen-bond donors (Lipinski definition) is 1. The number of fused-ring (bicyclic) bond motifs is 1. The van der Waals surface area contributed by atoms with Crippen molar-refractivity contribution < 1.29 is 14.6 Å². The smallest absolute Gasteiger partial charge is 0.321 e. The highest BCUT2D eigenvalue weighted by Crippen LogP contribution is 2.29. The van der Waals surface area contributed by atoms with Crippen LogP contribution in [0.25, 0.3) is 0 Å². The number of allylic oxidation sites excluding steroid dienone is 1. The van der Waals surface area contributed by atoms with E-state index in [9.17, 15) is 9.90 Å². The van der Waals surface area contributed by atoms with Gasteiger partial charge in [-0.25, -0.2) is 0 Å². The molecule has 1 unspecified atom stereocenters. The van der Waals surface area contributed by atoms with Gasteiger partial charge in [0.15, 0.2) is 0 Å². The summed E-state index contributed by atoms with van der Waals surface area (Å²) < 4.78 is 6.09. The second kappa shape index (κ2) is 15.2. The standard InChI is InChI=1S/C35H44N2O3S/c1-5-10-27(11-6-2)28-16-18-31(19-17-28)40-23-26(7-3)15-14-25(4)32-24-41-34(36-32)22-37-21-30-13-9-8-12-29(30)20-33(37)35(38)39/h7-9,12-19,27,32-33H,4-6,10-11,20-24H2,1-3H3,(H,38,39)/b15-14-,26-7+/t32?,33-/m0/s1. The summed E-state index contributed by atoms with van der Waals surface area (Å²) in [5, 5.41) is 10.8. The van der Waals surface area contributed by atoms with E-state index in [0.29, 0.717) is 32.0 Å². The fraction of sp³-hybridized carbons (Fsp3) is 0.429. The number of aliphatic carboxylic acids is 1. The molecule has 0 aromatic heterocycles. The second-order valence-corrected chi connectivity index (χ2v) is 12.1. The molecule has 4 rings (SSSR count). The van der Waals surface area contributed by atoms with Crippen molar-refractivity contribution in [2.45, 2.75) is 77.4 Å². The number of nitrogens with zero attached hydrogens (tertiary/aromatic N) is 2. The molecule has 1 N–H and O–H groups in total. The number of benzene rings is 2. The first kappa shape index (κ1) is 30.9. The van der Waals surface area contributed by atoms with Gasteiger partial charge >= 0.3 is 5.97 Å². The lowest BCUT2D eigenvalue weighted by atomic mass is 9.90. The van der Waals surface area contributed by atoms with Crippen LogP contribution in [0.2, 0.25) is 0 Å². The Morgan fingerprint density at radius 2 is 1.83 bits per heavy atom. The number of carboxylic acid groups (broad SMARTS) is 1. The largest absolute Gasteiger partial charge is 0.489 e. The van der Waals surface area contributed by atoms with Gasteiger partial charge in [-0.2, -0.15) is 0 Å². The molecule has 2 atom stereocenters. The zero-order valence-corrected chi connectivity index (χ0v) is 25.5. The average molecular weight is 573 g/mol. The Kier molecular flexibility index (Phi) is 11.5. The third-order valence-electron chi connectivity index (χ3n) is 8.02. The summed E-state index contributed by atoms with van der Waals surface area (Å²) in [6.07, 6.45) is 11.6. The minimum atomic E-state index is -0.777. The van der Waals surface area contributed by atoms with Crippen molar-refractivity contribution >= 4 is 22.8 Å². The molecule has 5 nitrogen and oxygen atoms in total. The Morgan fingerprint density at radius 1 is 1.12 bits per heavy atom. The molecule has 2 aromatic rings. The summed E-state index contributed by atoms with van der Waals surface area (Å²) in [6.45, 7) is 12.5. The van der Waals surface area contributed by atoms with Crippen LogP contribution in [0, 0.1) is 0 Å². The first-order valence-electron chi connectivity index (χ1n) is 14.9. The Labute approximate surface area is 250 Å². The lowest BCUT2D eigenvalue weighted by Crippen LogP contribution is -2.47. The number of ether oxygens (including phenoxy) is 1. The van der Waals surface area contributed by atoms with Gasteiger partial charge in [-0.15, -0.1) is 11.8 Å². The first-order valence-corrected chi connectivity index (χ1v) is 15.9. The molecule has 0 saturated carbocycles. The predicted molar refractivity (Wildman–Crippen MR) is 172 cm³/mol. The number of carboxylic acids is 1. The zero-order chi connectivity index (χ0) is 29.2. The summed E-state index contributed by atoms with van der Waals surface area (Å²) in [7, 11) is 0. The summed E-state index contributed by atoms with van der Waals surface area (Å²) >= 11 is 1.71. The maximum Gasteiger partial charge on any atom is 0.321 e. The van der Waals surface area contributed by atoms with E-state index < -0.39 is 12.0 Å². The monoisotopic (exact) mass is 572 g/mol. The van der Waals surface area contributed by atoms with Gasteiger partial charge in [0.25, 0.3) is 0 Å². The van der Waals surface area contributed by atoms with Gasteiger partial charge < -0.3 is 9.84 Å². The fourth-order valence-corrected chi connectivity index (χ4v) is 6.69. The summed E-state index contributed by atoms with van der Waals surface area (Å²) in [5.41, 5.74) is 5.76. The van der Waals surface area contributed by atoms with Gasteiger partial charge in [0.2, 0.25) is 0 Å². The van der Waals surface area contributed by atoms with Crippen molar-refractivity contribution in [3.8, 4) is 5.75 Å². The van der Waals surface area contributed by atoms with Crippen LogP contribution < -0.4 is 4.74 Å². The summed E-state index contributed by atoms with van der Waals surface area (Å²) in [4.78, 5) is 19.0. The molecule has 0 bridgehead atoms. The Balaban J connectivity index is 1.30. The van der Waals surface area contributed by atoms with Crippen LogP contribution in [0.4, 0.5) is 0 Å². The SMILES string of the molecule is C=C(/C=C\C(=C/C)COc1ccc(C(CCC)CCC)cc1)C1CSC(CN2Cc3ccccc3C[C@H]2C(=O)O)=N1. The molecule has 0 radical (unpaired) electrons. The molecule has 0 spiro atoms. The van der Waals surface area contributed by atoms with E-state index in [1.165, 1.54) is 36.8 Å². The van der Waals surface area contributed by atoms with Crippen molar-refractivity contribution in [3.63, 3.8) is 0 Å². The van der Waals surface area contributed by atoms with E-state index in [-0.39, 0.29) is 6.04 Å². The van der Waals surface area contributed by atoms with Gasteiger partial charge in [0, 0.05) is 18.8 Å². The second-order valence-electron chi connectivity index (χ2n) is 11.0. The molecular weight excluding hydrogens is 528 g/mol. The predicted octanol–water partition coefficient (Wildman–Crippen LogP) is 7.83. The molecule has 0 aliphatic carbocycles. The van der Waals surface area contributed by atoms with Crippen LogP contribution in [0.1, 0.15) is 69.1 Å². The average Bonchev–Trinajstić information content (AvgIpc) is 3.45. The molecule has 41 heavy (non-hydrogen) atoms. The maximum absolute atomic E-state index is 12.0. The lowest BCUT2D eigenvalue weighted by molar-refractivity contribution is -0.143. The Morgan fingerprint density at radius 3 is 2.49 bits per heavy atom. The van der Waals surface area contributed by atoms with Crippen molar-refractivity contribution in [1.29, 1.82) is 0 Å². The van der Waals surface area contributed by atoms with Gasteiger partial charge in [-0.3, -0.25) is 14.7 Å². The molecule has 2 aliphatic heterocycles. The van der Waals surface area contributed by atoms with Crippen molar-refractivity contribution in [2.75, 3.05) is 18.9 Å². The van der Waals surface area contributed by atoms with E-state index in [4.69, 9.17) is 9.73 Å². The quantitative estimate of drug-likeness (QED) is 0.234. The molecular formula is C35H44N2O3S. The van der Waals surface area contributed by atoms with Crippen LogP contribution in [0.15, 0.2) is 89.5 Å². The number of hydrogen-bond acceptors (Lipinski definition) is 5. The summed E-state index contributed by atoms with van der Waals surface area (Å²) in [6, 6.07) is 16.2. The number of carbonyl (C=O) groups is 1. The molecule has 2 heterocycles. The van der Waals surface area contributed by atoms with E-state index in [0.717, 1.165) is 33.3 Å². The first-order chi connectivity index (χ1) is 19.9. The third-order valence-corrected chi connectivity index (χ3v) is 9.07. The van der Waals surface area contributed by atoms with E-state index in [2.05, 4.69) is 62.9 Å². The van der Waals surface area contributed by atoms with Gasteiger partial charge in [-0.05, 0) is 72.1 Å². The normalized spacial score (nSPS) is 19.4. The van der Waals surface area contributed by atoms with Crippen molar-refractivity contribution in [3.05, 3.63) is 101 Å². The number of rotatable bonds is 14. The van der Waals surface area contributed by atoms with Crippen LogP contribution in [0.5, 0.6) is 5.75 Å². The number of thioether (sulfide) groups is 1. The van der Waals surface area contributed by atoms with Crippen LogP contribution in [-0.2, 0) is 17.8 Å². The van der Waals surface area contributed by atoms with Gasteiger partial charge in [0.1, 0.15) is 18.4 Å². The minimum absolute atomic E-state index is 0.00244. The van der Waals surface area contributed by atoms with Crippen LogP contribution in [0.3, 0.4) is 0 Å². The zero-order valence-electron chi connectivity index (χ0n) is 24.7. The van der Waals surface area contributed by atoms with Crippen molar-refractivity contribution in [2.24, 2.45) is 4.99 Å². The van der Waals surface area contributed by atoms with Crippen molar-refractivity contribution in [1.82, 2.24) is 4.90 Å². The molecule has 0 fully saturated rings. The molecule has 0 amide bonds. The topological polar surface area (TPSA) is 62.1 Å². The van der Waals surface area contributed by atoms with Crippen LogP contribution in [-0.4, -0.2) is 52.0 Å². The van der Waals surface area contributed by atoms with E-state index in [1.807, 2.05) is 36.1 Å². The highest BCUT2D eigenvalue weighted by molar-refractivity contribution is 8.14. The van der Waals surface area contributed by atoms with Crippen LogP contribution >= 0.6 is 11.8 Å². The van der Waals surface area contributed by atoms with E-state index >= 15 is 0 Å². The van der Waals surface area contributed by atoms with Gasteiger partial charge in [0.05, 0.1) is 11.1 Å². The Bertz CT molecular complexity index is 1270. The molecule has 2 aliphatic rings.